The summed E-state index contributed by atoms with van der Waals surface area (Å²) in [7, 11) is 0. The van der Waals surface area contributed by atoms with Gasteiger partial charge in [-0.05, 0) is 62.3 Å². The van der Waals surface area contributed by atoms with Crippen molar-refractivity contribution >= 4 is 11.6 Å². The van der Waals surface area contributed by atoms with Crippen molar-refractivity contribution in [1.29, 1.82) is 0 Å². The quantitative estimate of drug-likeness (QED) is 0.749. The lowest BCUT2D eigenvalue weighted by Gasteiger charge is -2.25. The van der Waals surface area contributed by atoms with Crippen LogP contribution in [-0.2, 0) is 6.42 Å². The lowest BCUT2D eigenvalue weighted by molar-refractivity contribution is 0.339. The molecule has 1 aromatic rings. The summed E-state index contributed by atoms with van der Waals surface area (Å²) < 4.78 is 13.8. The molecule has 1 aromatic carbocycles. The SMILES string of the molecule is CCCNC(CCc1ccc(Cl)cc1F)C1CCCC1. The van der Waals surface area contributed by atoms with E-state index in [2.05, 4.69) is 12.2 Å². The molecule has 0 heterocycles. The van der Waals surface area contributed by atoms with Crippen molar-refractivity contribution in [2.45, 2.75) is 57.9 Å². The number of rotatable bonds is 7. The standard InChI is InChI=1S/C17H25ClFN/c1-2-11-20-17(14-5-3-4-6-14)10-8-13-7-9-15(18)12-16(13)19/h7,9,12,14,17,20H,2-6,8,10-11H2,1H3. The molecule has 0 bridgehead atoms. The van der Waals surface area contributed by atoms with Crippen LogP contribution in [0.4, 0.5) is 4.39 Å². The molecule has 112 valence electrons. The zero-order valence-electron chi connectivity index (χ0n) is 12.3. The highest BCUT2D eigenvalue weighted by molar-refractivity contribution is 6.30. The van der Waals surface area contributed by atoms with Crippen molar-refractivity contribution in [3.8, 4) is 0 Å². The Morgan fingerprint density at radius 2 is 2.10 bits per heavy atom. The van der Waals surface area contributed by atoms with E-state index in [1.807, 2.05) is 6.07 Å². The van der Waals surface area contributed by atoms with Gasteiger partial charge >= 0.3 is 0 Å². The van der Waals surface area contributed by atoms with E-state index in [1.165, 1.54) is 31.7 Å². The van der Waals surface area contributed by atoms with Gasteiger partial charge in [-0.15, -0.1) is 0 Å². The van der Waals surface area contributed by atoms with Crippen LogP contribution in [0.2, 0.25) is 5.02 Å². The highest BCUT2D eigenvalue weighted by atomic mass is 35.5. The molecule has 1 fully saturated rings. The first kappa shape index (κ1) is 15.8. The molecule has 0 radical (unpaired) electrons. The summed E-state index contributed by atoms with van der Waals surface area (Å²) in [4.78, 5) is 0. The molecule has 0 aromatic heterocycles. The Labute approximate surface area is 126 Å². The molecule has 1 aliphatic rings. The van der Waals surface area contributed by atoms with Crippen LogP contribution in [0.1, 0.15) is 51.0 Å². The number of nitrogens with one attached hydrogen (secondary N) is 1. The third kappa shape index (κ3) is 4.46. The minimum atomic E-state index is -0.168. The molecule has 1 aliphatic carbocycles. The summed E-state index contributed by atoms with van der Waals surface area (Å²) in [5.41, 5.74) is 0.788. The van der Waals surface area contributed by atoms with E-state index in [4.69, 9.17) is 11.6 Å². The van der Waals surface area contributed by atoms with Crippen LogP contribution < -0.4 is 5.32 Å². The molecule has 3 heteroatoms. The molecule has 0 spiro atoms. The molecule has 0 aliphatic heterocycles. The van der Waals surface area contributed by atoms with Crippen molar-refractivity contribution in [3.05, 3.63) is 34.6 Å². The summed E-state index contributed by atoms with van der Waals surface area (Å²) in [6.07, 6.45) is 8.31. The van der Waals surface area contributed by atoms with Crippen LogP contribution in [0.5, 0.6) is 0 Å². The van der Waals surface area contributed by atoms with Crippen LogP contribution in [0.25, 0.3) is 0 Å². The fraction of sp³-hybridized carbons (Fsp3) is 0.647. The second kappa shape index (κ2) is 7.99. The van der Waals surface area contributed by atoms with E-state index < -0.39 is 0 Å². The van der Waals surface area contributed by atoms with Gasteiger partial charge in [-0.3, -0.25) is 0 Å². The van der Waals surface area contributed by atoms with Crippen LogP contribution in [0.15, 0.2) is 18.2 Å². The summed E-state index contributed by atoms with van der Waals surface area (Å²) in [5.74, 6) is 0.607. The van der Waals surface area contributed by atoms with Gasteiger partial charge in [0.05, 0.1) is 0 Å². The Bertz CT molecular complexity index is 415. The lowest BCUT2D eigenvalue weighted by atomic mass is 9.92. The molecular weight excluding hydrogens is 273 g/mol. The van der Waals surface area contributed by atoms with Crippen LogP contribution >= 0.6 is 11.6 Å². The maximum atomic E-state index is 13.8. The van der Waals surface area contributed by atoms with Gasteiger partial charge in [0, 0.05) is 11.1 Å². The molecule has 1 saturated carbocycles. The Kier molecular flexibility index (Phi) is 6.31. The van der Waals surface area contributed by atoms with E-state index in [0.717, 1.165) is 37.3 Å². The highest BCUT2D eigenvalue weighted by Gasteiger charge is 2.24. The Morgan fingerprint density at radius 3 is 2.75 bits per heavy atom. The van der Waals surface area contributed by atoms with Crippen molar-refractivity contribution in [2.24, 2.45) is 5.92 Å². The third-order valence-electron chi connectivity index (χ3n) is 4.37. The van der Waals surface area contributed by atoms with Crippen molar-refractivity contribution in [1.82, 2.24) is 5.32 Å². The van der Waals surface area contributed by atoms with Crippen LogP contribution in [-0.4, -0.2) is 12.6 Å². The minimum absolute atomic E-state index is 0.168. The van der Waals surface area contributed by atoms with Crippen molar-refractivity contribution in [2.75, 3.05) is 6.54 Å². The fourth-order valence-corrected chi connectivity index (χ4v) is 3.39. The molecule has 20 heavy (non-hydrogen) atoms. The number of benzene rings is 1. The maximum Gasteiger partial charge on any atom is 0.127 e. The van der Waals surface area contributed by atoms with Gasteiger partial charge in [-0.25, -0.2) is 4.39 Å². The molecule has 1 unspecified atom stereocenters. The Hall–Kier alpha value is -0.600. The summed E-state index contributed by atoms with van der Waals surface area (Å²) >= 11 is 5.80. The number of aryl methyl sites for hydroxylation is 1. The molecule has 1 nitrogen and oxygen atoms in total. The molecule has 0 amide bonds. The summed E-state index contributed by atoms with van der Waals surface area (Å²) in [6.45, 7) is 3.25. The first-order valence-corrected chi connectivity index (χ1v) is 8.25. The van der Waals surface area contributed by atoms with Crippen molar-refractivity contribution in [3.63, 3.8) is 0 Å². The van der Waals surface area contributed by atoms with Gasteiger partial charge in [-0.2, -0.15) is 0 Å². The predicted molar refractivity (Wildman–Crippen MR) is 83.8 cm³/mol. The van der Waals surface area contributed by atoms with Crippen molar-refractivity contribution < 1.29 is 4.39 Å². The average molecular weight is 298 g/mol. The topological polar surface area (TPSA) is 12.0 Å². The van der Waals surface area contributed by atoms with Gasteiger partial charge in [0.15, 0.2) is 0 Å². The monoisotopic (exact) mass is 297 g/mol. The van der Waals surface area contributed by atoms with E-state index in [1.54, 1.807) is 6.07 Å². The smallest absolute Gasteiger partial charge is 0.127 e. The third-order valence-corrected chi connectivity index (χ3v) is 4.60. The zero-order chi connectivity index (χ0) is 14.4. The van der Waals surface area contributed by atoms with Crippen LogP contribution in [0.3, 0.4) is 0 Å². The van der Waals surface area contributed by atoms with Crippen LogP contribution in [0, 0.1) is 11.7 Å². The largest absolute Gasteiger partial charge is 0.314 e. The molecule has 0 saturated heterocycles. The maximum absolute atomic E-state index is 13.8. The van der Waals surface area contributed by atoms with E-state index in [-0.39, 0.29) is 5.82 Å². The molecule has 2 rings (SSSR count). The van der Waals surface area contributed by atoms with E-state index >= 15 is 0 Å². The summed E-state index contributed by atoms with van der Waals surface area (Å²) in [5, 5.41) is 4.14. The lowest BCUT2D eigenvalue weighted by Crippen LogP contribution is -2.36. The second-order valence-electron chi connectivity index (χ2n) is 5.88. The van der Waals surface area contributed by atoms with Gasteiger partial charge in [-0.1, -0.05) is 37.4 Å². The normalized spacial score (nSPS) is 17.6. The Balaban J connectivity index is 1.93. The number of hydrogen-bond donors (Lipinski definition) is 1. The zero-order valence-corrected chi connectivity index (χ0v) is 13.1. The fourth-order valence-electron chi connectivity index (χ4n) is 3.23. The first-order chi connectivity index (χ1) is 9.70. The predicted octanol–water partition coefficient (Wildman–Crippen LogP) is 4.97. The van der Waals surface area contributed by atoms with Gasteiger partial charge < -0.3 is 5.32 Å². The summed E-state index contributed by atoms with van der Waals surface area (Å²) in [6, 6.07) is 5.56. The number of hydrogen-bond acceptors (Lipinski definition) is 1. The number of halogens is 2. The molecule has 1 N–H and O–H groups in total. The van der Waals surface area contributed by atoms with E-state index in [9.17, 15) is 4.39 Å². The second-order valence-corrected chi connectivity index (χ2v) is 6.32. The molecular formula is C17H25ClFN. The molecule has 1 atom stereocenters. The van der Waals surface area contributed by atoms with Gasteiger partial charge in [0.25, 0.3) is 0 Å². The van der Waals surface area contributed by atoms with Gasteiger partial charge in [0.1, 0.15) is 5.82 Å². The minimum Gasteiger partial charge on any atom is -0.314 e. The van der Waals surface area contributed by atoms with Gasteiger partial charge in [0.2, 0.25) is 0 Å². The highest BCUT2D eigenvalue weighted by Crippen LogP contribution is 2.30. The first-order valence-electron chi connectivity index (χ1n) is 7.88. The Morgan fingerprint density at radius 1 is 1.35 bits per heavy atom. The van der Waals surface area contributed by atoms with E-state index in [0.29, 0.717) is 11.1 Å². The average Bonchev–Trinajstić information content (AvgIpc) is 2.95.